The topological polar surface area (TPSA) is 86.7 Å². The Morgan fingerprint density at radius 2 is 1.62 bits per heavy atom. The van der Waals surface area contributed by atoms with E-state index in [1.807, 2.05) is 30.3 Å². The summed E-state index contributed by atoms with van der Waals surface area (Å²) in [6.45, 7) is 2.20. The molecule has 0 heterocycles. The van der Waals surface area contributed by atoms with E-state index in [0.717, 1.165) is 11.1 Å². The van der Waals surface area contributed by atoms with Gasteiger partial charge in [0.25, 0.3) is 0 Å². The van der Waals surface area contributed by atoms with E-state index < -0.39 is 5.97 Å². The average molecular weight is 354 g/mol. The number of carbonyl (C=O) groups is 3. The van der Waals surface area contributed by atoms with E-state index in [1.165, 1.54) is 24.0 Å². The molecule has 6 heteroatoms. The van der Waals surface area contributed by atoms with E-state index in [2.05, 4.69) is 5.32 Å². The zero-order chi connectivity index (χ0) is 18.9. The van der Waals surface area contributed by atoms with Gasteiger partial charge in [0.05, 0.1) is 12.1 Å². The van der Waals surface area contributed by atoms with Gasteiger partial charge in [-0.05, 0) is 29.7 Å². The van der Waals surface area contributed by atoms with Crippen molar-refractivity contribution in [3.05, 3.63) is 71.3 Å². The molecule has 0 aromatic heterocycles. The third-order valence-electron chi connectivity index (χ3n) is 3.98. The molecule has 0 atom stereocenters. The van der Waals surface area contributed by atoms with Crippen molar-refractivity contribution in [3.63, 3.8) is 0 Å². The van der Waals surface area contributed by atoms with E-state index >= 15 is 0 Å². The summed E-state index contributed by atoms with van der Waals surface area (Å²) in [5.41, 5.74) is 2.10. The van der Waals surface area contributed by atoms with Crippen LogP contribution in [0.5, 0.6) is 0 Å². The largest absolute Gasteiger partial charge is 0.478 e. The smallest absolute Gasteiger partial charge is 0.335 e. The van der Waals surface area contributed by atoms with Crippen molar-refractivity contribution in [1.29, 1.82) is 0 Å². The van der Waals surface area contributed by atoms with E-state index in [4.69, 9.17) is 5.11 Å². The molecule has 6 nitrogen and oxygen atoms in total. The molecule has 0 unspecified atom stereocenters. The van der Waals surface area contributed by atoms with Gasteiger partial charge < -0.3 is 15.3 Å². The minimum absolute atomic E-state index is 0.00459. The van der Waals surface area contributed by atoms with Crippen LogP contribution in [0.4, 0.5) is 0 Å². The van der Waals surface area contributed by atoms with Crippen LogP contribution in [0, 0.1) is 0 Å². The van der Waals surface area contributed by atoms with Gasteiger partial charge in [0.2, 0.25) is 11.8 Å². The first-order valence-corrected chi connectivity index (χ1v) is 8.34. The fourth-order valence-corrected chi connectivity index (χ4v) is 2.45. The Bertz CT molecular complexity index is 757. The van der Waals surface area contributed by atoms with Crippen LogP contribution >= 0.6 is 0 Å². The van der Waals surface area contributed by atoms with E-state index in [-0.39, 0.29) is 30.5 Å². The molecule has 0 spiro atoms. The van der Waals surface area contributed by atoms with Gasteiger partial charge in [-0.1, -0.05) is 42.5 Å². The highest BCUT2D eigenvalue weighted by Gasteiger charge is 2.13. The lowest BCUT2D eigenvalue weighted by Crippen LogP contribution is -2.40. The number of amides is 2. The monoisotopic (exact) mass is 354 g/mol. The lowest BCUT2D eigenvalue weighted by atomic mass is 10.1. The number of hydrogen-bond acceptors (Lipinski definition) is 3. The van der Waals surface area contributed by atoms with Gasteiger partial charge in [0.1, 0.15) is 0 Å². The minimum Gasteiger partial charge on any atom is -0.478 e. The fraction of sp³-hybridized carbons (Fsp3) is 0.250. The SMILES string of the molecule is CC(=O)N(CCc1ccccc1)CC(=O)NCc1ccc(C(=O)O)cc1. The highest BCUT2D eigenvalue weighted by molar-refractivity contribution is 5.87. The number of aromatic carboxylic acids is 1. The van der Waals surface area contributed by atoms with Crippen molar-refractivity contribution in [3.8, 4) is 0 Å². The van der Waals surface area contributed by atoms with Crippen LogP contribution in [0.1, 0.15) is 28.4 Å². The summed E-state index contributed by atoms with van der Waals surface area (Å²) in [7, 11) is 0. The number of carboxylic acid groups (broad SMARTS) is 1. The molecule has 0 fully saturated rings. The molecule has 2 rings (SSSR count). The molecule has 2 aromatic carbocycles. The van der Waals surface area contributed by atoms with Crippen molar-refractivity contribution >= 4 is 17.8 Å². The predicted octanol–water partition coefficient (Wildman–Crippen LogP) is 2.09. The Kier molecular flexibility index (Phi) is 6.91. The van der Waals surface area contributed by atoms with Gasteiger partial charge in [-0.15, -0.1) is 0 Å². The summed E-state index contributed by atoms with van der Waals surface area (Å²) in [4.78, 5) is 36.2. The van der Waals surface area contributed by atoms with Crippen LogP contribution in [-0.2, 0) is 22.6 Å². The second-order valence-electron chi connectivity index (χ2n) is 5.95. The van der Waals surface area contributed by atoms with Crippen molar-refractivity contribution in [2.75, 3.05) is 13.1 Å². The number of nitrogens with one attached hydrogen (secondary N) is 1. The average Bonchev–Trinajstić information content (AvgIpc) is 2.64. The van der Waals surface area contributed by atoms with Crippen molar-refractivity contribution in [2.45, 2.75) is 19.9 Å². The molecule has 0 aliphatic carbocycles. The summed E-state index contributed by atoms with van der Waals surface area (Å²) in [6, 6.07) is 16.1. The zero-order valence-electron chi connectivity index (χ0n) is 14.6. The minimum atomic E-state index is -0.990. The van der Waals surface area contributed by atoms with E-state index in [9.17, 15) is 14.4 Å². The van der Waals surface area contributed by atoms with Gasteiger partial charge in [-0.25, -0.2) is 4.79 Å². The van der Waals surface area contributed by atoms with Crippen LogP contribution in [0.3, 0.4) is 0 Å². The Labute approximate surface area is 152 Å². The molecule has 0 radical (unpaired) electrons. The van der Waals surface area contributed by atoms with E-state index in [0.29, 0.717) is 13.0 Å². The molecular weight excluding hydrogens is 332 g/mol. The third-order valence-corrected chi connectivity index (χ3v) is 3.98. The first kappa shape index (κ1) is 19.2. The normalized spacial score (nSPS) is 10.2. The third kappa shape index (κ3) is 6.05. The summed E-state index contributed by atoms with van der Waals surface area (Å²) < 4.78 is 0. The predicted molar refractivity (Wildman–Crippen MR) is 97.6 cm³/mol. The number of hydrogen-bond donors (Lipinski definition) is 2. The number of carboxylic acids is 1. The summed E-state index contributed by atoms with van der Waals surface area (Å²) in [6.07, 6.45) is 0.685. The number of rotatable bonds is 8. The van der Waals surface area contributed by atoms with Crippen molar-refractivity contribution < 1.29 is 19.5 Å². The molecule has 0 aliphatic rings. The van der Waals surface area contributed by atoms with Gasteiger partial charge in [-0.3, -0.25) is 9.59 Å². The molecule has 2 aromatic rings. The van der Waals surface area contributed by atoms with E-state index in [1.54, 1.807) is 12.1 Å². The molecule has 0 bridgehead atoms. The second-order valence-corrected chi connectivity index (χ2v) is 5.95. The highest BCUT2D eigenvalue weighted by Crippen LogP contribution is 2.05. The second kappa shape index (κ2) is 9.36. The lowest BCUT2D eigenvalue weighted by molar-refractivity contribution is -0.134. The molecular formula is C20H22N2O4. The maximum Gasteiger partial charge on any atom is 0.335 e. The summed E-state index contributed by atoms with van der Waals surface area (Å²) >= 11 is 0. The Hall–Kier alpha value is -3.15. The van der Waals surface area contributed by atoms with Crippen LogP contribution < -0.4 is 5.32 Å². The van der Waals surface area contributed by atoms with Crippen LogP contribution in [0.25, 0.3) is 0 Å². The van der Waals surface area contributed by atoms with Crippen molar-refractivity contribution in [2.24, 2.45) is 0 Å². The number of nitrogens with zero attached hydrogens (tertiary/aromatic N) is 1. The van der Waals surface area contributed by atoms with Crippen molar-refractivity contribution in [1.82, 2.24) is 10.2 Å². The molecule has 136 valence electrons. The maximum atomic E-state index is 12.1. The quantitative estimate of drug-likeness (QED) is 0.760. The summed E-state index contributed by atoms with van der Waals surface area (Å²) in [5, 5.41) is 11.6. The summed E-state index contributed by atoms with van der Waals surface area (Å²) in [5.74, 6) is -1.39. The lowest BCUT2D eigenvalue weighted by Gasteiger charge is -2.20. The molecule has 0 saturated carbocycles. The zero-order valence-corrected chi connectivity index (χ0v) is 14.6. The van der Waals surface area contributed by atoms with Gasteiger partial charge >= 0.3 is 5.97 Å². The number of carbonyl (C=O) groups excluding carboxylic acids is 2. The molecule has 0 aliphatic heterocycles. The first-order valence-electron chi connectivity index (χ1n) is 8.34. The fourth-order valence-electron chi connectivity index (χ4n) is 2.45. The molecule has 2 N–H and O–H groups in total. The first-order chi connectivity index (χ1) is 12.5. The van der Waals surface area contributed by atoms with Gasteiger partial charge in [0.15, 0.2) is 0 Å². The van der Waals surface area contributed by atoms with Gasteiger partial charge in [0, 0.05) is 20.0 Å². The molecule has 26 heavy (non-hydrogen) atoms. The van der Waals surface area contributed by atoms with Gasteiger partial charge in [-0.2, -0.15) is 0 Å². The van der Waals surface area contributed by atoms with Crippen LogP contribution in [-0.4, -0.2) is 40.9 Å². The Morgan fingerprint density at radius 1 is 0.962 bits per heavy atom. The van der Waals surface area contributed by atoms with Crippen LogP contribution in [0.15, 0.2) is 54.6 Å². The Morgan fingerprint density at radius 3 is 2.19 bits per heavy atom. The van der Waals surface area contributed by atoms with Crippen LogP contribution in [0.2, 0.25) is 0 Å². The standard InChI is InChI=1S/C20H22N2O4/c1-15(23)22(12-11-16-5-3-2-4-6-16)14-19(24)21-13-17-7-9-18(10-8-17)20(25)26/h2-10H,11-14H2,1H3,(H,21,24)(H,25,26). The highest BCUT2D eigenvalue weighted by atomic mass is 16.4. The molecule has 2 amide bonds. The number of benzene rings is 2. The maximum absolute atomic E-state index is 12.1. The Balaban J connectivity index is 1.83. The molecule has 0 saturated heterocycles.